The van der Waals surface area contributed by atoms with Gasteiger partial charge >= 0.3 is 0 Å². The first-order chi connectivity index (χ1) is 12.0. The van der Waals surface area contributed by atoms with Crippen molar-refractivity contribution in [1.82, 2.24) is 15.1 Å². The summed E-state index contributed by atoms with van der Waals surface area (Å²) >= 11 is 0. The van der Waals surface area contributed by atoms with E-state index < -0.39 is 0 Å². The zero-order valence-electron chi connectivity index (χ0n) is 15.2. The molecule has 0 aromatic heterocycles. The number of carbonyl (C=O) groups is 1. The van der Waals surface area contributed by atoms with Crippen molar-refractivity contribution in [2.24, 2.45) is 4.99 Å². The molecule has 6 nitrogen and oxygen atoms in total. The Bertz CT molecular complexity index is 613. The predicted octanol–water partition coefficient (Wildman–Crippen LogP) is 1.85. The molecule has 0 aliphatic carbocycles. The molecule has 1 aromatic carbocycles. The van der Waals surface area contributed by atoms with Gasteiger partial charge in [-0.25, -0.2) is 9.38 Å². The molecule has 138 valence electrons. The van der Waals surface area contributed by atoms with Gasteiger partial charge in [-0.05, 0) is 31.5 Å². The Morgan fingerprint density at radius 3 is 2.48 bits per heavy atom. The standard InChI is InChI=1S/C18H27FN4O2/c1-4-20-18(23-10-8-22(9-11-23)14(3)24)21-13-15-6-7-17(25-5-2)16(19)12-15/h6-7,12H,4-5,8-11,13H2,1-3H3,(H,20,21). The Morgan fingerprint density at radius 2 is 1.92 bits per heavy atom. The van der Waals surface area contributed by atoms with Crippen LogP contribution in [-0.2, 0) is 11.3 Å². The summed E-state index contributed by atoms with van der Waals surface area (Å²) in [5.74, 6) is 0.795. The van der Waals surface area contributed by atoms with Crippen molar-refractivity contribution in [3.8, 4) is 5.75 Å². The van der Waals surface area contributed by atoms with Gasteiger partial charge in [0.25, 0.3) is 0 Å². The first-order valence-corrected chi connectivity index (χ1v) is 8.75. The Morgan fingerprint density at radius 1 is 1.24 bits per heavy atom. The van der Waals surface area contributed by atoms with Crippen LogP contribution in [0.5, 0.6) is 5.75 Å². The van der Waals surface area contributed by atoms with Crippen molar-refractivity contribution in [3.05, 3.63) is 29.6 Å². The lowest BCUT2D eigenvalue weighted by atomic mass is 10.2. The van der Waals surface area contributed by atoms with E-state index in [2.05, 4.69) is 15.2 Å². The number of hydrogen-bond acceptors (Lipinski definition) is 3. The lowest BCUT2D eigenvalue weighted by Gasteiger charge is -2.36. The molecule has 1 heterocycles. The Labute approximate surface area is 148 Å². The van der Waals surface area contributed by atoms with E-state index in [0.717, 1.165) is 31.2 Å². The third kappa shape index (κ3) is 5.34. The van der Waals surface area contributed by atoms with Crippen LogP contribution in [-0.4, -0.2) is 61.0 Å². The van der Waals surface area contributed by atoms with E-state index in [1.165, 1.54) is 6.07 Å². The van der Waals surface area contributed by atoms with Crippen LogP contribution in [0.1, 0.15) is 26.3 Å². The lowest BCUT2D eigenvalue weighted by molar-refractivity contribution is -0.130. The summed E-state index contributed by atoms with van der Waals surface area (Å²) < 4.78 is 19.2. The topological polar surface area (TPSA) is 57.2 Å². The molecule has 0 radical (unpaired) electrons. The highest BCUT2D eigenvalue weighted by Gasteiger charge is 2.20. The molecule has 1 amide bonds. The molecule has 1 N–H and O–H groups in total. The zero-order valence-corrected chi connectivity index (χ0v) is 15.2. The van der Waals surface area contributed by atoms with Gasteiger partial charge in [-0.3, -0.25) is 4.79 Å². The number of nitrogens with zero attached hydrogens (tertiary/aromatic N) is 3. The first kappa shape index (κ1) is 19.0. The lowest BCUT2D eigenvalue weighted by Crippen LogP contribution is -2.53. The van der Waals surface area contributed by atoms with Crippen LogP contribution in [0.3, 0.4) is 0 Å². The summed E-state index contributed by atoms with van der Waals surface area (Å²) in [7, 11) is 0. The van der Waals surface area contributed by atoms with E-state index in [4.69, 9.17) is 4.74 Å². The van der Waals surface area contributed by atoms with Crippen LogP contribution in [0.4, 0.5) is 4.39 Å². The van der Waals surface area contributed by atoms with Crippen LogP contribution in [0.25, 0.3) is 0 Å². The van der Waals surface area contributed by atoms with E-state index >= 15 is 0 Å². The van der Waals surface area contributed by atoms with Crippen LogP contribution in [0, 0.1) is 5.82 Å². The monoisotopic (exact) mass is 350 g/mol. The number of rotatable bonds is 5. The summed E-state index contributed by atoms with van der Waals surface area (Å²) in [4.78, 5) is 20.0. The number of amides is 1. The molecule has 0 unspecified atom stereocenters. The largest absolute Gasteiger partial charge is 0.491 e. The second-order valence-corrected chi connectivity index (χ2v) is 5.86. The molecule has 1 saturated heterocycles. The fraction of sp³-hybridized carbons (Fsp3) is 0.556. The number of nitrogens with one attached hydrogen (secondary N) is 1. The smallest absolute Gasteiger partial charge is 0.219 e. The average molecular weight is 350 g/mol. The van der Waals surface area contributed by atoms with Crippen LogP contribution < -0.4 is 10.1 Å². The zero-order chi connectivity index (χ0) is 18.2. The molecule has 0 bridgehead atoms. The second-order valence-electron chi connectivity index (χ2n) is 5.86. The van der Waals surface area contributed by atoms with Gasteiger partial charge in [0.1, 0.15) is 0 Å². The molecular weight excluding hydrogens is 323 g/mol. The van der Waals surface area contributed by atoms with E-state index in [-0.39, 0.29) is 17.5 Å². The third-order valence-electron chi connectivity index (χ3n) is 4.07. The number of guanidine groups is 1. The number of aliphatic imine (C=N–C) groups is 1. The number of ether oxygens (including phenoxy) is 1. The summed E-state index contributed by atoms with van der Waals surface area (Å²) in [5.41, 5.74) is 0.790. The quantitative estimate of drug-likeness (QED) is 0.650. The van der Waals surface area contributed by atoms with Gasteiger partial charge in [0.15, 0.2) is 17.5 Å². The van der Waals surface area contributed by atoms with Crippen LogP contribution in [0.2, 0.25) is 0 Å². The highest BCUT2D eigenvalue weighted by atomic mass is 19.1. The van der Waals surface area contributed by atoms with E-state index in [9.17, 15) is 9.18 Å². The Balaban J connectivity index is 2.02. The van der Waals surface area contributed by atoms with E-state index in [1.54, 1.807) is 13.0 Å². The molecule has 1 fully saturated rings. The minimum absolute atomic E-state index is 0.103. The maximum Gasteiger partial charge on any atom is 0.219 e. The fourth-order valence-corrected chi connectivity index (χ4v) is 2.74. The van der Waals surface area contributed by atoms with Gasteiger partial charge in [0.05, 0.1) is 13.2 Å². The fourth-order valence-electron chi connectivity index (χ4n) is 2.74. The Hall–Kier alpha value is -2.31. The third-order valence-corrected chi connectivity index (χ3v) is 4.07. The number of benzene rings is 1. The van der Waals surface area contributed by atoms with Gasteiger partial charge in [-0.1, -0.05) is 6.07 Å². The number of halogens is 1. The minimum atomic E-state index is -0.366. The van der Waals surface area contributed by atoms with Crippen LogP contribution >= 0.6 is 0 Å². The van der Waals surface area contributed by atoms with E-state index in [1.807, 2.05) is 24.8 Å². The van der Waals surface area contributed by atoms with Crippen molar-refractivity contribution >= 4 is 11.9 Å². The van der Waals surface area contributed by atoms with Gasteiger partial charge in [-0.15, -0.1) is 0 Å². The summed E-state index contributed by atoms with van der Waals surface area (Å²) in [6.07, 6.45) is 0. The SMILES string of the molecule is CCNC(=NCc1ccc(OCC)c(F)c1)N1CCN(C(C)=O)CC1. The van der Waals surface area contributed by atoms with Crippen molar-refractivity contribution in [3.63, 3.8) is 0 Å². The van der Waals surface area contributed by atoms with Gasteiger partial charge in [0.2, 0.25) is 5.91 Å². The van der Waals surface area contributed by atoms with Crippen molar-refractivity contribution in [2.45, 2.75) is 27.3 Å². The number of hydrogen-bond donors (Lipinski definition) is 1. The average Bonchev–Trinajstić information content (AvgIpc) is 2.61. The van der Waals surface area contributed by atoms with E-state index in [0.29, 0.717) is 26.2 Å². The van der Waals surface area contributed by atoms with Crippen molar-refractivity contribution < 1.29 is 13.9 Å². The first-order valence-electron chi connectivity index (χ1n) is 8.75. The molecule has 1 aromatic rings. The second kappa shape index (κ2) is 9.25. The molecule has 1 aliphatic rings. The molecular formula is C18H27FN4O2. The van der Waals surface area contributed by atoms with Gasteiger partial charge in [-0.2, -0.15) is 0 Å². The number of carbonyl (C=O) groups excluding carboxylic acids is 1. The normalized spacial score (nSPS) is 15.3. The highest BCUT2D eigenvalue weighted by molar-refractivity contribution is 5.80. The summed E-state index contributed by atoms with van der Waals surface area (Å²) in [5, 5.41) is 3.27. The van der Waals surface area contributed by atoms with Gasteiger partial charge < -0.3 is 19.9 Å². The number of piperazine rings is 1. The van der Waals surface area contributed by atoms with Crippen LogP contribution in [0.15, 0.2) is 23.2 Å². The Kier molecular flexibility index (Phi) is 7.03. The summed E-state index contributed by atoms with van der Waals surface area (Å²) in [6.45, 7) is 9.87. The van der Waals surface area contributed by atoms with Gasteiger partial charge in [0, 0.05) is 39.6 Å². The highest BCUT2D eigenvalue weighted by Crippen LogP contribution is 2.18. The molecule has 1 aliphatic heterocycles. The molecule has 7 heteroatoms. The van der Waals surface area contributed by atoms with Crippen molar-refractivity contribution in [2.75, 3.05) is 39.3 Å². The molecule has 0 saturated carbocycles. The molecule has 0 spiro atoms. The summed E-state index contributed by atoms with van der Waals surface area (Å²) in [6, 6.07) is 4.93. The predicted molar refractivity (Wildman–Crippen MR) is 96.2 cm³/mol. The molecule has 0 atom stereocenters. The van der Waals surface area contributed by atoms with Crippen molar-refractivity contribution in [1.29, 1.82) is 0 Å². The molecule has 2 rings (SSSR count). The maximum atomic E-state index is 13.9. The maximum absolute atomic E-state index is 13.9. The minimum Gasteiger partial charge on any atom is -0.491 e. The molecule has 25 heavy (non-hydrogen) atoms.